The van der Waals surface area contributed by atoms with E-state index in [1.165, 1.54) is 23.1 Å². The third kappa shape index (κ3) is 4.05. The Hall–Kier alpha value is -3.30. The Morgan fingerprint density at radius 3 is 2.71 bits per heavy atom. The summed E-state index contributed by atoms with van der Waals surface area (Å²) in [6.45, 7) is 0.999. The van der Waals surface area contributed by atoms with Crippen LogP contribution >= 0.6 is 23.1 Å². The highest BCUT2D eigenvalue weighted by atomic mass is 32.2. The van der Waals surface area contributed by atoms with Crippen molar-refractivity contribution >= 4 is 44.9 Å². The van der Waals surface area contributed by atoms with E-state index in [1.54, 1.807) is 22.8 Å². The third-order valence-corrected chi connectivity index (χ3v) is 7.62. The largest absolute Gasteiger partial charge is 0.486 e. The van der Waals surface area contributed by atoms with Gasteiger partial charge in [0.05, 0.1) is 16.8 Å². The van der Waals surface area contributed by atoms with E-state index in [4.69, 9.17) is 14.5 Å². The number of fused-ring (bicyclic) bond motifs is 2. The van der Waals surface area contributed by atoms with Gasteiger partial charge in [0.25, 0.3) is 5.56 Å². The van der Waals surface area contributed by atoms with Crippen molar-refractivity contribution in [3.63, 3.8) is 0 Å². The highest BCUT2D eigenvalue weighted by molar-refractivity contribution is 7.99. The molecule has 34 heavy (non-hydrogen) atoms. The van der Waals surface area contributed by atoms with Gasteiger partial charge in [-0.25, -0.2) is 4.98 Å². The molecule has 2 aromatic heterocycles. The lowest BCUT2D eigenvalue weighted by atomic mass is 10.1. The highest BCUT2D eigenvalue weighted by Crippen LogP contribution is 2.44. The molecule has 6 rings (SSSR count). The van der Waals surface area contributed by atoms with E-state index in [2.05, 4.69) is 10.7 Å². The van der Waals surface area contributed by atoms with Crippen LogP contribution in [0.5, 0.6) is 11.5 Å². The normalized spacial score (nSPS) is 14.8. The van der Waals surface area contributed by atoms with Crippen molar-refractivity contribution < 1.29 is 14.3 Å². The average molecular weight is 492 g/mol. The van der Waals surface area contributed by atoms with Gasteiger partial charge >= 0.3 is 0 Å². The monoisotopic (exact) mass is 491 g/mol. The van der Waals surface area contributed by atoms with Gasteiger partial charge in [-0.3, -0.25) is 14.2 Å². The van der Waals surface area contributed by atoms with E-state index in [-0.39, 0.29) is 17.2 Å². The molecule has 0 unspecified atom stereocenters. The first kappa shape index (κ1) is 21.2. The number of para-hydroxylation sites is 1. The number of carbonyl (C=O) groups excluding carboxylic acids is 1. The van der Waals surface area contributed by atoms with E-state index in [1.807, 2.05) is 30.3 Å². The summed E-state index contributed by atoms with van der Waals surface area (Å²) >= 11 is 2.75. The molecule has 7 nitrogen and oxygen atoms in total. The third-order valence-electron chi connectivity index (χ3n) is 5.80. The molecule has 0 radical (unpaired) electrons. The number of benzene rings is 2. The van der Waals surface area contributed by atoms with Gasteiger partial charge in [0, 0.05) is 11.8 Å². The smallest absolute Gasteiger partial charge is 0.267 e. The van der Waals surface area contributed by atoms with Gasteiger partial charge in [0.2, 0.25) is 5.91 Å². The second-order valence-corrected chi connectivity index (χ2v) is 10.0. The Labute approximate surface area is 203 Å². The zero-order valence-electron chi connectivity index (χ0n) is 18.2. The maximum Gasteiger partial charge on any atom is 0.267 e. The SMILES string of the molecule is O=C(CSc1nc2scc(C3CC3)c2c(=O)n1-c1ccccc1)Nc1ccc2c(c1)OCCO2. The molecule has 1 fully saturated rings. The maximum atomic E-state index is 13.6. The van der Waals surface area contributed by atoms with Crippen LogP contribution in [0.4, 0.5) is 5.69 Å². The zero-order valence-corrected chi connectivity index (χ0v) is 19.8. The lowest BCUT2D eigenvalue weighted by Gasteiger charge is -2.19. The number of carbonyl (C=O) groups is 1. The van der Waals surface area contributed by atoms with Crippen molar-refractivity contribution in [3.05, 3.63) is 69.8 Å². The maximum absolute atomic E-state index is 13.6. The molecular formula is C25H21N3O4S2. The summed E-state index contributed by atoms with van der Waals surface area (Å²) in [4.78, 5) is 31.9. The molecular weight excluding hydrogens is 470 g/mol. The molecule has 172 valence electrons. The van der Waals surface area contributed by atoms with Crippen LogP contribution in [0.25, 0.3) is 15.9 Å². The van der Waals surface area contributed by atoms with Gasteiger partial charge in [-0.1, -0.05) is 30.0 Å². The first-order chi connectivity index (χ1) is 16.7. The zero-order chi connectivity index (χ0) is 23.1. The van der Waals surface area contributed by atoms with Gasteiger partial charge < -0.3 is 14.8 Å². The summed E-state index contributed by atoms with van der Waals surface area (Å²) in [7, 11) is 0. The molecule has 0 saturated heterocycles. The van der Waals surface area contributed by atoms with E-state index in [0.29, 0.717) is 46.9 Å². The van der Waals surface area contributed by atoms with Crippen LogP contribution in [0.2, 0.25) is 0 Å². The van der Waals surface area contributed by atoms with E-state index in [9.17, 15) is 9.59 Å². The number of thioether (sulfide) groups is 1. The molecule has 1 aliphatic heterocycles. The Balaban J connectivity index is 1.28. The lowest BCUT2D eigenvalue weighted by molar-refractivity contribution is -0.113. The summed E-state index contributed by atoms with van der Waals surface area (Å²) in [5.41, 5.74) is 2.40. The minimum atomic E-state index is -0.194. The number of nitrogens with one attached hydrogen (secondary N) is 1. The number of amides is 1. The van der Waals surface area contributed by atoms with Crippen molar-refractivity contribution in [2.24, 2.45) is 0 Å². The number of aromatic nitrogens is 2. The number of hydrogen-bond donors (Lipinski definition) is 1. The minimum Gasteiger partial charge on any atom is -0.486 e. The summed E-state index contributed by atoms with van der Waals surface area (Å²) in [5, 5.41) is 6.17. The van der Waals surface area contributed by atoms with E-state index >= 15 is 0 Å². The fourth-order valence-corrected chi connectivity index (χ4v) is 5.91. The summed E-state index contributed by atoms with van der Waals surface area (Å²) in [6, 6.07) is 14.8. The Bertz CT molecular complexity index is 1440. The van der Waals surface area contributed by atoms with Gasteiger partial charge in [-0.2, -0.15) is 0 Å². The van der Waals surface area contributed by atoms with Crippen LogP contribution in [-0.4, -0.2) is 34.4 Å². The van der Waals surface area contributed by atoms with Gasteiger partial charge in [0.15, 0.2) is 16.7 Å². The van der Waals surface area contributed by atoms with Crippen LogP contribution < -0.4 is 20.3 Å². The molecule has 0 bridgehead atoms. The number of nitrogens with zero attached hydrogens (tertiary/aromatic N) is 2. The Morgan fingerprint density at radius 2 is 1.91 bits per heavy atom. The first-order valence-electron chi connectivity index (χ1n) is 11.1. The Kier molecular flexibility index (Phi) is 5.50. The van der Waals surface area contributed by atoms with Crippen molar-refractivity contribution in [2.75, 3.05) is 24.3 Å². The molecule has 9 heteroatoms. The highest BCUT2D eigenvalue weighted by Gasteiger charge is 2.29. The van der Waals surface area contributed by atoms with Gasteiger partial charge in [0.1, 0.15) is 18.0 Å². The van der Waals surface area contributed by atoms with Gasteiger partial charge in [-0.15, -0.1) is 11.3 Å². The van der Waals surface area contributed by atoms with Crippen LogP contribution in [-0.2, 0) is 4.79 Å². The second kappa shape index (κ2) is 8.81. The average Bonchev–Trinajstić information content (AvgIpc) is 3.62. The molecule has 1 saturated carbocycles. The van der Waals surface area contributed by atoms with Crippen molar-refractivity contribution in [3.8, 4) is 17.2 Å². The van der Waals surface area contributed by atoms with Crippen molar-refractivity contribution in [1.29, 1.82) is 0 Å². The predicted molar refractivity (Wildman–Crippen MR) is 134 cm³/mol. The first-order valence-corrected chi connectivity index (χ1v) is 13.0. The van der Waals surface area contributed by atoms with E-state index in [0.717, 1.165) is 28.9 Å². The fraction of sp³-hybridized carbons (Fsp3) is 0.240. The molecule has 1 aliphatic carbocycles. The molecule has 4 aromatic rings. The molecule has 0 atom stereocenters. The van der Waals surface area contributed by atoms with E-state index < -0.39 is 0 Å². The number of rotatable bonds is 6. The number of hydrogen-bond acceptors (Lipinski definition) is 7. The predicted octanol–water partition coefficient (Wildman–Crippen LogP) is 4.83. The molecule has 3 heterocycles. The number of anilines is 1. The summed E-state index contributed by atoms with van der Waals surface area (Å²) in [5.74, 6) is 1.67. The fourth-order valence-electron chi connectivity index (χ4n) is 4.04. The Morgan fingerprint density at radius 1 is 1.12 bits per heavy atom. The molecule has 1 N–H and O–H groups in total. The molecule has 0 spiro atoms. The standard InChI is InChI=1S/C25H21N3O4S2/c29-21(26-16-8-9-19-20(12-16)32-11-10-31-19)14-34-25-27-23-22(18(13-33-23)15-6-7-15)24(30)28(25)17-4-2-1-3-5-17/h1-5,8-9,12-13,15H,6-7,10-11,14H2,(H,26,29). The quantitative estimate of drug-likeness (QED) is 0.307. The van der Waals surface area contributed by atoms with Crippen LogP contribution in [0.15, 0.2) is 63.9 Å². The topological polar surface area (TPSA) is 82.5 Å². The van der Waals surface area contributed by atoms with Gasteiger partial charge in [-0.05, 0) is 54.0 Å². The molecule has 2 aromatic carbocycles. The number of ether oxygens (including phenoxy) is 2. The number of thiophene rings is 1. The van der Waals surface area contributed by atoms with Crippen LogP contribution in [0.3, 0.4) is 0 Å². The minimum absolute atomic E-state index is 0.0749. The lowest BCUT2D eigenvalue weighted by Crippen LogP contribution is -2.23. The summed E-state index contributed by atoms with van der Waals surface area (Å²) in [6.07, 6.45) is 2.24. The molecule has 2 aliphatic rings. The van der Waals surface area contributed by atoms with Crippen LogP contribution in [0.1, 0.15) is 24.3 Å². The van der Waals surface area contributed by atoms with Crippen molar-refractivity contribution in [2.45, 2.75) is 23.9 Å². The van der Waals surface area contributed by atoms with Crippen LogP contribution in [0, 0.1) is 0 Å². The second-order valence-electron chi connectivity index (χ2n) is 8.21. The summed E-state index contributed by atoms with van der Waals surface area (Å²) < 4.78 is 12.7. The molecule has 1 amide bonds. The van der Waals surface area contributed by atoms with Crippen molar-refractivity contribution in [1.82, 2.24) is 9.55 Å².